The molecule has 0 bridgehead atoms. The quantitative estimate of drug-likeness (QED) is 0.366. The van der Waals surface area contributed by atoms with Crippen molar-refractivity contribution in [3.63, 3.8) is 0 Å². The summed E-state index contributed by atoms with van der Waals surface area (Å²) >= 11 is 0. The molecule has 4 rings (SSSR count). The lowest BCUT2D eigenvalue weighted by atomic mass is 9.93. The second kappa shape index (κ2) is 8.14. The van der Waals surface area contributed by atoms with E-state index in [9.17, 15) is 13.2 Å². The van der Waals surface area contributed by atoms with Gasteiger partial charge in [0, 0.05) is 5.56 Å². The van der Waals surface area contributed by atoms with E-state index in [1.54, 1.807) is 0 Å². The van der Waals surface area contributed by atoms with Crippen molar-refractivity contribution in [2.75, 3.05) is 0 Å². The van der Waals surface area contributed by atoms with Crippen molar-refractivity contribution in [3.8, 4) is 22.5 Å². The smallest absolute Gasteiger partial charge is 0.338 e. The summed E-state index contributed by atoms with van der Waals surface area (Å²) in [4.78, 5) is 4.42. The van der Waals surface area contributed by atoms with Gasteiger partial charge in [-0.15, -0.1) is 0 Å². The zero-order valence-corrected chi connectivity index (χ0v) is 15.9. The third kappa shape index (κ3) is 4.13. The molecular weight excluding hydrogens is 389 g/mol. The van der Waals surface area contributed by atoms with Gasteiger partial charge in [0.15, 0.2) is 0 Å². The number of nitrogens with zero attached hydrogens (tertiary/aromatic N) is 2. The largest absolute Gasteiger partial charge is 0.416 e. The molecule has 151 valence electrons. The Balaban J connectivity index is 1.62. The number of aromatic nitrogens is 2. The summed E-state index contributed by atoms with van der Waals surface area (Å²) in [5.74, 6) is 0.408. The molecule has 0 amide bonds. The van der Waals surface area contributed by atoms with Gasteiger partial charge in [0.25, 0.3) is 0 Å². The summed E-state index contributed by atoms with van der Waals surface area (Å²) in [6, 6.07) is 22.7. The van der Waals surface area contributed by atoms with Crippen LogP contribution in [0.15, 0.2) is 83.4 Å². The first-order valence-electron chi connectivity index (χ1n) is 9.41. The molecule has 1 aromatic heterocycles. The summed E-state index contributed by atoms with van der Waals surface area (Å²) in [5.41, 5.74) is 2.88. The third-order valence-corrected chi connectivity index (χ3v) is 4.90. The SMILES string of the molecule is [CH2]CC(c1cccc(-c2ccccc2)c1)c1nc(-c2ccc(C(F)(F)F)cc2)no1. The third-order valence-electron chi connectivity index (χ3n) is 4.90. The Kier molecular flexibility index (Phi) is 5.40. The van der Waals surface area contributed by atoms with Crippen LogP contribution in [0, 0.1) is 6.92 Å². The highest BCUT2D eigenvalue weighted by Gasteiger charge is 2.30. The summed E-state index contributed by atoms with van der Waals surface area (Å²) < 4.78 is 43.7. The Morgan fingerprint density at radius 3 is 2.20 bits per heavy atom. The van der Waals surface area contributed by atoms with Crippen LogP contribution >= 0.6 is 0 Å². The molecule has 0 N–H and O–H groups in total. The fourth-order valence-corrected chi connectivity index (χ4v) is 3.30. The van der Waals surface area contributed by atoms with Crippen LogP contribution in [-0.4, -0.2) is 10.1 Å². The lowest BCUT2D eigenvalue weighted by molar-refractivity contribution is -0.137. The molecule has 6 heteroatoms. The van der Waals surface area contributed by atoms with Crippen LogP contribution in [0.25, 0.3) is 22.5 Å². The predicted octanol–water partition coefficient (Wildman–Crippen LogP) is 6.78. The fourth-order valence-electron chi connectivity index (χ4n) is 3.30. The van der Waals surface area contributed by atoms with Crippen LogP contribution in [-0.2, 0) is 6.18 Å². The van der Waals surface area contributed by atoms with Crippen molar-refractivity contribution >= 4 is 0 Å². The van der Waals surface area contributed by atoms with Crippen molar-refractivity contribution in [1.29, 1.82) is 0 Å². The van der Waals surface area contributed by atoms with Crippen molar-refractivity contribution < 1.29 is 17.7 Å². The summed E-state index contributed by atoms with van der Waals surface area (Å²) in [6.45, 7) is 4.01. The minimum Gasteiger partial charge on any atom is -0.338 e. The molecule has 30 heavy (non-hydrogen) atoms. The number of alkyl halides is 3. The molecule has 0 aliphatic rings. The Morgan fingerprint density at radius 2 is 1.53 bits per heavy atom. The van der Waals surface area contributed by atoms with E-state index in [-0.39, 0.29) is 11.7 Å². The maximum absolute atomic E-state index is 12.8. The number of halogens is 3. The Labute approximate surface area is 172 Å². The lowest BCUT2D eigenvalue weighted by Gasteiger charge is -2.12. The van der Waals surface area contributed by atoms with Crippen LogP contribution in [0.3, 0.4) is 0 Å². The second-order valence-corrected chi connectivity index (χ2v) is 6.86. The highest BCUT2D eigenvalue weighted by Crippen LogP contribution is 2.33. The summed E-state index contributed by atoms with van der Waals surface area (Å²) in [7, 11) is 0. The van der Waals surface area contributed by atoms with E-state index in [4.69, 9.17) is 4.52 Å². The summed E-state index contributed by atoms with van der Waals surface area (Å²) in [6.07, 6.45) is -3.89. The van der Waals surface area contributed by atoms with E-state index in [2.05, 4.69) is 23.1 Å². The maximum Gasteiger partial charge on any atom is 0.416 e. The van der Waals surface area contributed by atoms with Gasteiger partial charge in [-0.1, -0.05) is 78.8 Å². The minimum absolute atomic E-state index is 0.218. The van der Waals surface area contributed by atoms with E-state index in [1.165, 1.54) is 12.1 Å². The average molecular weight is 407 g/mol. The van der Waals surface area contributed by atoms with Crippen LogP contribution in [0.1, 0.15) is 29.4 Å². The van der Waals surface area contributed by atoms with Crippen LogP contribution in [0.5, 0.6) is 0 Å². The van der Waals surface area contributed by atoms with Gasteiger partial charge in [-0.3, -0.25) is 0 Å². The molecule has 1 radical (unpaired) electrons. The first-order valence-corrected chi connectivity index (χ1v) is 9.41. The molecular formula is C24H18F3N2O. The van der Waals surface area contributed by atoms with E-state index in [0.29, 0.717) is 17.9 Å². The molecule has 0 fully saturated rings. The number of hydrogen-bond acceptors (Lipinski definition) is 3. The first-order chi connectivity index (χ1) is 14.5. The van der Waals surface area contributed by atoms with Crippen LogP contribution in [0.2, 0.25) is 0 Å². The topological polar surface area (TPSA) is 38.9 Å². The Morgan fingerprint density at radius 1 is 0.833 bits per heavy atom. The van der Waals surface area contributed by atoms with Crippen molar-refractivity contribution in [2.45, 2.75) is 18.5 Å². The van der Waals surface area contributed by atoms with Gasteiger partial charge in [0.2, 0.25) is 11.7 Å². The van der Waals surface area contributed by atoms with Crippen LogP contribution in [0.4, 0.5) is 13.2 Å². The fraction of sp³-hybridized carbons (Fsp3) is 0.125. The van der Waals surface area contributed by atoms with Crippen molar-refractivity contribution in [1.82, 2.24) is 10.1 Å². The van der Waals surface area contributed by atoms with Gasteiger partial charge >= 0.3 is 6.18 Å². The minimum atomic E-state index is -4.39. The zero-order valence-electron chi connectivity index (χ0n) is 15.9. The maximum atomic E-state index is 12.8. The van der Waals surface area contributed by atoms with Crippen molar-refractivity contribution in [3.05, 3.63) is 103 Å². The molecule has 1 atom stereocenters. The highest BCUT2D eigenvalue weighted by molar-refractivity contribution is 5.64. The monoisotopic (exact) mass is 407 g/mol. The number of hydrogen-bond donors (Lipinski definition) is 0. The standard InChI is InChI=1S/C24H18F3N2O/c1-2-21(19-10-6-9-18(15-19)16-7-4-3-5-8-16)23-28-22(29-30-23)17-11-13-20(14-12-17)24(25,26)27/h3-15,21H,1-2H2. The predicted molar refractivity (Wildman–Crippen MR) is 108 cm³/mol. The molecule has 0 saturated carbocycles. The molecule has 4 aromatic rings. The molecule has 1 heterocycles. The molecule has 0 aliphatic heterocycles. The highest BCUT2D eigenvalue weighted by atomic mass is 19.4. The van der Waals surface area contributed by atoms with E-state index in [1.807, 2.05) is 48.5 Å². The zero-order chi connectivity index (χ0) is 21.1. The Hall–Kier alpha value is -3.41. The number of benzene rings is 3. The molecule has 0 aliphatic carbocycles. The van der Waals surface area contributed by atoms with E-state index >= 15 is 0 Å². The van der Waals surface area contributed by atoms with Gasteiger partial charge in [0.1, 0.15) is 0 Å². The van der Waals surface area contributed by atoms with Gasteiger partial charge in [-0.05, 0) is 35.2 Å². The van der Waals surface area contributed by atoms with E-state index < -0.39 is 11.7 Å². The molecule has 0 spiro atoms. The molecule has 1 unspecified atom stereocenters. The Bertz CT molecular complexity index is 1120. The second-order valence-electron chi connectivity index (χ2n) is 6.86. The lowest BCUT2D eigenvalue weighted by Crippen LogP contribution is -2.04. The molecule has 3 nitrogen and oxygen atoms in total. The molecule has 0 saturated heterocycles. The molecule has 3 aromatic carbocycles. The van der Waals surface area contributed by atoms with Gasteiger partial charge in [0.05, 0.1) is 11.5 Å². The van der Waals surface area contributed by atoms with Crippen molar-refractivity contribution in [2.24, 2.45) is 0 Å². The first kappa shape index (κ1) is 19.9. The van der Waals surface area contributed by atoms with Gasteiger partial charge in [-0.25, -0.2) is 0 Å². The van der Waals surface area contributed by atoms with Gasteiger partial charge in [-0.2, -0.15) is 18.2 Å². The summed E-state index contributed by atoms with van der Waals surface area (Å²) in [5, 5.41) is 3.96. The van der Waals surface area contributed by atoms with Crippen LogP contribution < -0.4 is 0 Å². The van der Waals surface area contributed by atoms with E-state index in [0.717, 1.165) is 28.8 Å². The van der Waals surface area contributed by atoms with Gasteiger partial charge < -0.3 is 4.52 Å². The normalized spacial score (nSPS) is 12.7. The number of rotatable bonds is 5. The average Bonchev–Trinajstić information content (AvgIpc) is 3.24.